The van der Waals surface area contributed by atoms with Gasteiger partial charge in [-0.15, -0.1) is 35.3 Å². The van der Waals surface area contributed by atoms with Crippen molar-refractivity contribution in [1.29, 1.82) is 0 Å². The van der Waals surface area contributed by atoms with Crippen LogP contribution in [0.5, 0.6) is 0 Å². The molecule has 0 aromatic carbocycles. The zero-order chi connectivity index (χ0) is 15.1. The molecule has 22 heavy (non-hydrogen) atoms. The Bertz CT molecular complexity index is 463. The number of nitrogens with one attached hydrogen (secondary N) is 2. The Morgan fingerprint density at radius 2 is 2.14 bits per heavy atom. The van der Waals surface area contributed by atoms with Crippen LogP contribution in [0.15, 0.2) is 10.4 Å². The van der Waals surface area contributed by atoms with Gasteiger partial charge in [0.05, 0.1) is 10.7 Å². The van der Waals surface area contributed by atoms with Crippen LogP contribution in [-0.4, -0.2) is 31.1 Å². The van der Waals surface area contributed by atoms with Gasteiger partial charge in [0.2, 0.25) is 0 Å². The number of aliphatic imine (C=N–C) groups is 1. The van der Waals surface area contributed by atoms with Gasteiger partial charge in [0.1, 0.15) is 0 Å². The van der Waals surface area contributed by atoms with Gasteiger partial charge >= 0.3 is 0 Å². The summed E-state index contributed by atoms with van der Waals surface area (Å²) in [5.74, 6) is 0.917. The van der Waals surface area contributed by atoms with E-state index in [0.29, 0.717) is 5.41 Å². The maximum absolute atomic E-state index is 4.59. The van der Waals surface area contributed by atoms with Gasteiger partial charge in [0.25, 0.3) is 0 Å². The van der Waals surface area contributed by atoms with E-state index < -0.39 is 0 Å². The average molecular weight is 436 g/mol. The van der Waals surface area contributed by atoms with Crippen LogP contribution in [0.25, 0.3) is 0 Å². The zero-order valence-electron chi connectivity index (χ0n) is 13.9. The molecule has 0 saturated heterocycles. The summed E-state index contributed by atoms with van der Waals surface area (Å²) in [4.78, 5) is 8.90. The molecule has 4 nitrogen and oxygen atoms in total. The van der Waals surface area contributed by atoms with Gasteiger partial charge in [0, 0.05) is 31.9 Å². The number of nitrogens with zero attached hydrogens (tertiary/aromatic N) is 2. The molecule has 0 atom stereocenters. The summed E-state index contributed by atoms with van der Waals surface area (Å²) in [5.41, 5.74) is 1.70. The number of rotatable bonds is 7. The molecular formula is C16H29IN4S. The van der Waals surface area contributed by atoms with Gasteiger partial charge in [-0.05, 0) is 31.1 Å². The normalized spacial score (nSPS) is 16.6. The van der Waals surface area contributed by atoms with Crippen LogP contribution in [0, 0.1) is 5.41 Å². The summed E-state index contributed by atoms with van der Waals surface area (Å²) in [6.45, 7) is 6.37. The predicted octanol–water partition coefficient (Wildman–Crippen LogP) is 3.61. The molecule has 1 heterocycles. The van der Waals surface area contributed by atoms with Crippen molar-refractivity contribution in [2.45, 2.75) is 52.4 Å². The molecule has 0 amide bonds. The van der Waals surface area contributed by atoms with E-state index >= 15 is 0 Å². The summed E-state index contributed by atoms with van der Waals surface area (Å²) < 4.78 is 0. The Morgan fingerprint density at radius 3 is 2.64 bits per heavy atom. The van der Waals surface area contributed by atoms with Crippen molar-refractivity contribution in [2.75, 3.05) is 20.1 Å². The van der Waals surface area contributed by atoms with Crippen molar-refractivity contribution in [3.05, 3.63) is 16.1 Å². The van der Waals surface area contributed by atoms with Gasteiger partial charge in [-0.3, -0.25) is 4.99 Å². The highest BCUT2D eigenvalue weighted by atomic mass is 127. The molecule has 0 bridgehead atoms. The van der Waals surface area contributed by atoms with Crippen LogP contribution in [-0.2, 0) is 12.8 Å². The fourth-order valence-electron chi connectivity index (χ4n) is 2.76. The fraction of sp³-hybridized carbons (Fsp3) is 0.750. The monoisotopic (exact) mass is 436 g/mol. The molecule has 1 aromatic heterocycles. The standard InChI is InChI=1S/C16H28N4S.HI/c1-4-14-20-13(11-21-14)7-10-18-15(17-3)19-12-16(5-2)8-6-9-16;/h11H,4-10,12H2,1-3H3,(H2,17,18,19);1H. The molecule has 1 fully saturated rings. The topological polar surface area (TPSA) is 49.3 Å². The SMILES string of the molecule is CCc1nc(CCNC(=NC)NCC2(CC)CCC2)cs1.I. The second kappa shape index (κ2) is 9.70. The van der Waals surface area contributed by atoms with E-state index in [1.807, 2.05) is 7.05 Å². The molecule has 0 aliphatic heterocycles. The van der Waals surface area contributed by atoms with Crippen molar-refractivity contribution in [2.24, 2.45) is 10.4 Å². The van der Waals surface area contributed by atoms with E-state index in [1.165, 1.54) is 36.4 Å². The van der Waals surface area contributed by atoms with Gasteiger partial charge in [-0.1, -0.05) is 20.3 Å². The van der Waals surface area contributed by atoms with E-state index in [-0.39, 0.29) is 24.0 Å². The quantitative estimate of drug-likeness (QED) is 0.390. The lowest BCUT2D eigenvalue weighted by molar-refractivity contribution is 0.131. The molecule has 1 aromatic rings. The Hall–Kier alpha value is -0.370. The third kappa shape index (κ3) is 5.37. The van der Waals surface area contributed by atoms with E-state index in [2.05, 4.69) is 39.8 Å². The van der Waals surface area contributed by atoms with Gasteiger partial charge in [-0.2, -0.15) is 0 Å². The molecule has 0 unspecified atom stereocenters. The Kier molecular flexibility index (Phi) is 8.67. The van der Waals surface area contributed by atoms with Crippen LogP contribution in [0.4, 0.5) is 0 Å². The third-order valence-electron chi connectivity index (χ3n) is 4.59. The minimum atomic E-state index is 0. The molecule has 0 spiro atoms. The number of hydrogen-bond acceptors (Lipinski definition) is 3. The number of hydrogen-bond donors (Lipinski definition) is 2. The maximum Gasteiger partial charge on any atom is 0.191 e. The molecule has 1 aliphatic rings. The van der Waals surface area contributed by atoms with Crippen LogP contribution in [0.3, 0.4) is 0 Å². The zero-order valence-corrected chi connectivity index (χ0v) is 17.1. The predicted molar refractivity (Wildman–Crippen MR) is 107 cm³/mol. The first-order chi connectivity index (χ1) is 10.2. The smallest absolute Gasteiger partial charge is 0.191 e. The number of thiazole rings is 1. The highest BCUT2D eigenvalue weighted by molar-refractivity contribution is 14.0. The number of aryl methyl sites for hydroxylation is 1. The minimum absolute atomic E-state index is 0. The largest absolute Gasteiger partial charge is 0.356 e. The van der Waals surface area contributed by atoms with E-state index in [1.54, 1.807) is 11.3 Å². The number of guanidine groups is 1. The summed E-state index contributed by atoms with van der Waals surface area (Å²) in [6.07, 6.45) is 7.33. The lowest BCUT2D eigenvalue weighted by Gasteiger charge is -2.41. The first-order valence-corrected chi connectivity index (χ1v) is 8.97. The first kappa shape index (κ1) is 19.7. The van der Waals surface area contributed by atoms with Crippen molar-refractivity contribution < 1.29 is 0 Å². The van der Waals surface area contributed by atoms with Crippen molar-refractivity contribution in [3.63, 3.8) is 0 Å². The highest BCUT2D eigenvalue weighted by Gasteiger charge is 2.34. The molecule has 2 rings (SSSR count). The molecule has 0 radical (unpaired) electrons. The van der Waals surface area contributed by atoms with Crippen LogP contribution >= 0.6 is 35.3 Å². The Morgan fingerprint density at radius 1 is 1.36 bits per heavy atom. The van der Waals surface area contributed by atoms with E-state index in [0.717, 1.165) is 31.9 Å². The Labute approximate surface area is 155 Å². The summed E-state index contributed by atoms with van der Waals surface area (Å²) >= 11 is 1.76. The summed E-state index contributed by atoms with van der Waals surface area (Å²) in [5, 5.41) is 10.3. The first-order valence-electron chi connectivity index (χ1n) is 8.09. The van der Waals surface area contributed by atoms with Gasteiger partial charge in [0.15, 0.2) is 5.96 Å². The van der Waals surface area contributed by atoms with Gasteiger partial charge < -0.3 is 10.6 Å². The molecule has 1 saturated carbocycles. The van der Waals surface area contributed by atoms with Crippen LogP contribution in [0.1, 0.15) is 50.2 Å². The van der Waals surface area contributed by atoms with Crippen molar-refractivity contribution in [1.82, 2.24) is 15.6 Å². The molecular weight excluding hydrogens is 407 g/mol. The van der Waals surface area contributed by atoms with E-state index in [4.69, 9.17) is 0 Å². The minimum Gasteiger partial charge on any atom is -0.356 e. The van der Waals surface area contributed by atoms with Crippen LogP contribution < -0.4 is 10.6 Å². The van der Waals surface area contributed by atoms with Crippen LogP contribution in [0.2, 0.25) is 0 Å². The lowest BCUT2D eigenvalue weighted by atomic mass is 9.67. The van der Waals surface area contributed by atoms with E-state index in [9.17, 15) is 0 Å². The molecule has 126 valence electrons. The van der Waals surface area contributed by atoms with Gasteiger partial charge in [-0.25, -0.2) is 4.98 Å². The molecule has 2 N–H and O–H groups in total. The third-order valence-corrected chi connectivity index (χ3v) is 5.64. The highest BCUT2D eigenvalue weighted by Crippen LogP contribution is 2.42. The lowest BCUT2D eigenvalue weighted by Crippen LogP contribution is -2.46. The van der Waals surface area contributed by atoms with Crippen molar-refractivity contribution in [3.8, 4) is 0 Å². The molecule has 1 aliphatic carbocycles. The fourth-order valence-corrected chi connectivity index (χ4v) is 3.54. The number of halogens is 1. The second-order valence-electron chi connectivity index (χ2n) is 5.90. The van der Waals surface area contributed by atoms with Crippen molar-refractivity contribution >= 4 is 41.3 Å². The summed E-state index contributed by atoms with van der Waals surface area (Å²) in [6, 6.07) is 0. The molecule has 6 heteroatoms. The number of aromatic nitrogens is 1. The second-order valence-corrected chi connectivity index (χ2v) is 6.84. The summed E-state index contributed by atoms with van der Waals surface area (Å²) in [7, 11) is 1.84. The maximum atomic E-state index is 4.59. The average Bonchev–Trinajstić information content (AvgIpc) is 2.92. The Balaban J connectivity index is 0.00000242.